The molecule has 0 radical (unpaired) electrons. The monoisotopic (exact) mass is 365 g/mol. The largest absolute Gasteiger partial charge is 0.488 e. The molecule has 126 valence electrons. The standard InChI is InChI=1S/C19H18Cl2FNO/c20-14-6-15(21)8-17(7-14)24-18-10-23(11-18)9-13-5-16(22)3-4-19(13)12-1-2-12/h3-8,12,18H,1-2,9-11H2. The topological polar surface area (TPSA) is 12.5 Å². The highest BCUT2D eigenvalue weighted by Gasteiger charge is 2.31. The first-order chi connectivity index (χ1) is 11.6. The molecule has 2 aromatic carbocycles. The lowest BCUT2D eigenvalue weighted by Gasteiger charge is -2.39. The zero-order valence-corrected chi connectivity index (χ0v) is 14.7. The summed E-state index contributed by atoms with van der Waals surface area (Å²) in [5.74, 6) is 1.17. The van der Waals surface area contributed by atoms with E-state index >= 15 is 0 Å². The summed E-state index contributed by atoms with van der Waals surface area (Å²) in [6.45, 7) is 2.43. The molecule has 2 nitrogen and oxygen atoms in total. The minimum Gasteiger partial charge on any atom is -0.488 e. The van der Waals surface area contributed by atoms with Crippen molar-refractivity contribution < 1.29 is 9.13 Å². The summed E-state index contributed by atoms with van der Waals surface area (Å²) < 4.78 is 19.5. The summed E-state index contributed by atoms with van der Waals surface area (Å²) in [5, 5.41) is 1.14. The highest BCUT2D eigenvalue weighted by Crippen LogP contribution is 2.42. The van der Waals surface area contributed by atoms with Gasteiger partial charge in [0.2, 0.25) is 0 Å². The van der Waals surface area contributed by atoms with Gasteiger partial charge in [-0.2, -0.15) is 0 Å². The second-order valence-corrected chi connectivity index (χ2v) is 7.53. The summed E-state index contributed by atoms with van der Waals surface area (Å²) in [6, 6.07) is 10.4. The molecule has 4 rings (SSSR count). The van der Waals surface area contributed by atoms with E-state index in [0.717, 1.165) is 25.2 Å². The lowest BCUT2D eigenvalue weighted by Crippen LogP contribution is -2.53. The number of benzene rings is 2. The van der Waals surface area contributed by atoms with Crippen molar-refractivity contribution in [3.8, 4) is 5.75 Å². The van der Waals surface area contributed by atoms with Gasteiger partial charge in [0.1, 0.15) is 17.7 Å². The van der Waals surface area contributed by atoms with E-state index in [-0.39, 0.29) is 11.9 Å². The fraction of sp³-hybridized carbons (Fsp3) is 0.368. The fourth-order valence-corrected chi connectivity index (χ4v) is 3.77. The molecule has 2 aromatic rings. The van der Waals surface area contributed by atoms with Crippen molar-refractivity contribution in [3.05, 3.63) is 63.4 Å². The molecular formula is C19H18Cl2FNO. The predicted octanol–water partition coefficient (Wildman–Crippen LogP) is 5.27. The molecule has 1 saturated heterocycles. The van der Waals surface area contributed by atoms with Crippen LogP contribution in [0.4, 0.5) is 4.39 Å². The van der Waals surface area contributed by atoms with Gasteiger partial charge < -0.3 is 4.74 Å². The molecule has 0 bridgehead atoms. The molecule has 1 heterocycles. The maximum Gasteiger partial charge on any atom is 0.124 e. The fourth-order valence-electron chi connectivity index (χ4n) is 3.26. The van der Waals surface area contributed by atoms with Gasteiger partial charge in [-0.1, -0.05) is 29.3 Å². The van der Waals surface area contributed by atoms with Gasteiger partial charge in [0, 0.05) is 29.7 Å². The average Bonchev–Trinajstić information content (AvgIpc) is 3.28. The van der Waals surface area contributed by atoms with Crippen molar-refractivity contribution in [2.45, 2.75) is 31.4 Å². The van der Waals surface area contributed by atoms with Crippen LogP contribution >= 0.6 is 23.2 Å². The Bertz CT molecular complexity index is 737. The number of ether oxygens (including phenoxy) is 1. The first-order valence-electron chi connectivity index (χ1n) is 8.20. The van der Waals surface area contributed by atoms with Crippen LogP contribution in [0.3, 0.4) is 0 Å². The number of hydrogen-bond acceptors (Lipinski definition) is 2. The Kier molecular flexibility index (Phi) is 4.42. The van der Waals surface area contributed by atoms with Crippen molar-refractivity contribution in [1.29, 1.82) is 0 Å². The van der Waals surface area contributed by atoms with Gasteiger partial charge in [-0.05, 0) is 60.2 Å². The van der Waals surface area contributed by atoms with Crippen LogP contribution in [-0.4, -0.2) is 24.1 Å². The second-order valence-electron chi connectivity index (χ2n) is 6.66. The molecule has 1 saturated carbocycles. The van der Waals surface area contributed by atoms with E-state index in [0.29, 0.717) is 21.7 Å². The van der Waals surface area contributed by atoms with Gasteiger partial charge in [-0.25, -0.2) is 4.39 Å². The van der Waals surface area contributed by atoms with Crippen LogP contribution in [0.15, 0.2) is 36.4 Å². The molecule has 1 aliphatic heterocycles. The quantitative estimate of drug-likeness (QED) is 0.715. The Hall–Kier alpha value is -1.29. The first-order valence-corrected chi connectivity index (χ1v) is 8.96. The zero-order valence-electron chi connectivity index (χ0n) is 13.1. The van der Waals surface area contributed by atoms with E-state index < -0.39 is 0 Å². The molecule has 0 spiro atoms. The Morgan fingerprint density at radius 2 is 1.75 bits per heavy atom. The van der Waals surface area contributed by atoms with Gasteiger partial charge in [-0.15, -0.1) is 0 Å². The SMILES string of the molecule is Fc1ccc(C2CC2)c(CN2CC(Oc3cc(Cl)cc(Cl)c3)C2)c1. The van der Waals surface area contributed by atoms with Crippen molar-refractivity contribution in [1.82, 2.24) is 4.90 Å². The number of nitrogens with zero attached hydrogens (tertiary/aromatic N) is 1. The summed E-state index contributed by atoms with van der Waals surface area (Å²) in [6.07, 6.45) is 2.57. The Morgan fingerprint density at radius 3 is 2.42 bits per heavy atom. The third kappa shape index (κ3) is 3.69. The zero-order chi connectivity index (χ0) is 16.7. The summed E-state index contributed by atoms with van der Waals surface area (Å²) >= 11 is 12.0. The van der Waals surface area contributed by atoms with E-state index in [1.165, 1.54) is 18.4 Å². The van der Waals surface area contributed by atoms with E-state index in [4.69, 9.17) is 27.9 Å². The Labute approximate surface area is 151 Å². The average molecular weight is 366 g/mol. The van der Waals surface area contributed by atoms with Crippen molar-refractivity contribution in [2.75, 3.05) is 13.1 Å². The predicted molar refractivity (Wildman–Crippen MR) is 94.5 cm³/mol. The van der Waals surface area contributed by atoms with E-state index in [1.807, 2.05) is 6.07 Å². The molecule has 5 heteroatoms. The second kappa shape index (κ2) is 6.55. The molecule has 2 aliphatic rings. The first kappa shape index (κ1) is 16.2. The van der Waals surface area contributed by atoms with Gasteiger partial charge >= 0.3 is 0 Å². The lowest BCUT2D eigenvalue weighted by atomic mass is 10.0. The van der Waals surface area contributed by atoms with Crippen LogP contribution in [0.5, 0.6) is 5.75 Å². The van der Waals surface area contributed by atoms with Gasteiger partial charge in [0.25, 0.3) is 0 Å². The molecule has 2 fully saturated rings. The number of halogens is 3. The van der Waals surface area contributed by atoms with Crippen LogP contribution in [-0.2, 0) is 6.54 Å². The minimum absolute atomic E-state index is 0.123. The maximum atomic E-state index is 13.6. The molecule has 24 heavy (non-hydrogen) atoms. The van der Waals surface area contributed by atoms with Crippen molar-refractivity contribution in [3.63, 3.8) is 0 Å². The lowest BCUT2D eigenvalue weighted by molar-refractivity contribution is 0.0144. The molecule has 0 amide bonds. The third-order valence-corrected chi connectivity index (χ3v) is 5.02. The van der Waals surface area contributed by atoms with Crippen LogP contribution in [0.25, 0.3) is 0 Å². The van der Waals surface area contributed by atoms with E-state index in [2.05, 4.69) is 4.90 Å². The molecule has 0 N–H and O–H groups in total. The van der Waals surface area contributed by atoms with Gasteiger partial charge in [0.05, 0.1) is 0 Å². The van der Waals surface area contributed by atoms with Crippen LogP contribution < -0.4 is 4.74 Å². The van der Waals surface area contributed by atoms with Gasteiger partial charge in [-0.3, -0.25) is 4.90 Å². The highest BCUT2D eigenvalue weighted by atomic mass is 35.5. The van der Waals surface area contributed by atoms with Crippen LogP contribution in [0, 0.1) is 5.82 Å². The normalized spacial score (nSPS) is 18.5. The van der Waals surface area contributed by atoms with Crippen LogP contribution in [0.2, 0.25) is 10.0 Å². The summed E-state index contributed by atoms with van der Waals surface area (Å²) in [5.41, 5.74) is 2.42. The minimum atomic E-state index is -0.156. The van der Waals surface area contributed by atoms with Gasteiger partial charge in [0.15, 0.2) is 0 Å². The third-order valence-electron chi connectivity index (χ3n) is 4.58. The molecule has 0 unspecified atom stereocenters. The summed E-state index contributed by atoms with van der Waals surface area (Å²) in [7, 11) is 0. The Balaban J connectivity index is 1.36. The molecule has 0 aromatic heterocycles. The molecule has 0 atom stereocenters. The molecule has 1 aliphatic carbocycles. The number of rotatable bonds is 5. The number of likely N-dealkylation sites (tertiary alicyclic amines) is 1. The maximum absolute atomic E-state index is 13.6. The number of hydrogen-bond donors (Lipinski definition) is 0. The van der Waals surface area contributed by atoms with E-state index in [9.17, 15) is 4.39 Å². The van der Waals surface area contributed by atoms with Crippen LogP contribution in [0.1, 0.15) is 29.9 Å². The van der Waals surface area contributed by atoms with Crippen molar-refractivity contribution in [2.24, 2.45) is 0 Å². The Morgan fingerprint density at radius 1 is 1.04 bits per heavy atom. The summed E-state index contributed by atoms with van der Waals surface area (Å²) in [4.78, 5) is 2.28. The highest BCUT2D eigenvalue weighted by molar-refractivity contribution is 6.34. The van der Waals surface area contributed by atoms with Crippen molar-refractivity contribution >= 4 is 23.2 Å². The van der Waals surface area contributed by atoms with E-state index in [1.54, 1.807) is 30.3 Å². The molecular weight excluding hydrogens is 348 g/mol. The smallest absolute Gasteiger partial charge is 0.124 e.